The Balaban J connectivity index is 1.38. The first kappa shape index (κ1) is 21.3. The molecule has 1 N–H and O–H groups in total. The number of likely N-dealkylation sites (N-methyl/N-ethyl adjacent to an activating group) is 1. The lowest BCUT2D eigenvalue weighted by Gasteiger charge is -2.35. The Morgan fingerprint density at radius 1 is 1.19 bits per heavy atom. The predicted molar refractivity (Wildman–Crippen MR) is 108 cm³/mol. The van der Waals surface area contributed by atoms with Crippen molar-refractivity contribution in [2.45, 2.75) is 45.6 Å². The minimum absolute atomic E-state index is 0.101. The van der Waals surface area contributed by atoms with E-state index in [-0.39, 0.29) is 41.6 Å². The number of hydrogen-bond donors (Lipinski definition) is 1. The number of carbonyl (C=O) groups is 2. The third kappa shape index (κ3) is 4.00. The number of nitrogens with zero attached hydrogens (tertiary/aromatic N) is 3. The molecule has 0 radical (unpaired) electrons. The number of anilines is 2. The Bertz CT molecular complexity index is 1050. The molecule has 1 atom stereocenters. The number of hydrogen-bond acceptors (Lipinski definition) is 5. The molecule has 1 aliphatic heterocycles. The molecule has 2 heterocycles. The fourth-order valence-electron chi connectivity index (χ4n) is 4.17. The van der Waals surface area contributed by atoms with E-state index in [1.807, 2.05) is 18.9 Å². The highest BCUT2D eigenvalue weighted by molar-refractivity contribution is 6.02. The van der Waals surface area contributed by atoms with Gasteiger partial charge in [-0.15, -0.1) is 0 Å². The van der Waals surface area contributed by atoms with E-state index in [2.05, 4.69) is 15.3 Å². The third-order valence-corrected chi connectivity index (χ3v) is 6.24. The molecule has 0 unspecified atom stereocenters. The van der Waals surface area contributed by atoms with Crippen LogP contribution in [0.15, 0.2) is 12.1 Å². The van der Waals surface area contributed by atoms with E-state index < -0.39 is 17.5 Å². The zero-order chi connectivity index (χ0) is 22.4. The number of aromatic nitrogens is 2. The zero-order valence-corrected chi connectivity index (χ0v) is 17.5. The van der Waals surface area contributed by atoms with Crippen LogP contribution in [0.2, 0.25) is 0 Å². The summed E-state index contributed by atoms with van der Waals surface area (Å²) in [6, 6.07) is 1.40. The molecule has 1 saturated carbocycles. The van der Waals surface area contributed by atoms with E-state index in [0.717, 1.165) is 12.1 Å². The summed E-state index contributed by atoms with van der Waals surface area (Å²) in [7, 11) is 1.82. The smallest absolute Gasteiger partial charge is 0.246 e. The monoisotopic (exact) mass is 432 g/mol. The number of fused-ring (bicyclic) bond motifs is 1. The van der Waals surface area contributed by atoms with Gasteiger partial charge in [0.2, 0.25) is 5.91 Å². The summed E-state index contributed by atoms with van der Waals surface area (Å²) in [5.74, 6) is -2.94. The Hall–Kier alpha value is -2.97. The molecular formula is C22H23F3N4O2. The highest BCUT2D eigenvalue weighted by Gasteiger charge is 2.36. The maximum Gasteiger partial charge on any atom is 0.246 e. The van der Waals surface area contributed by atoms with Gasteiger partial charge in [-0.3, -0.25) is 9.59 Å². The van der Waals surface area contributed by atoms with Crippen molar-refractivity contribution >= 4 is 23.2 Å². The van der Waals surface area contributed by atoms with E-state index in [9.17, 15) is 22.8 Å². The lowest BCUT2D eigenvalue weighted by Crippen LogP contribution is -2.45. The summed E-state index contributed by atoms with van der Waals surface area (Å²) >= 11 is 0. The molecule has 0 bridgehead atoms. The average Bonchev–Trinajstić information content (AvgIpc) is 2.67. The quantitative estimate of drug-likeness (QED) is 0.734. The van der Waals surface area contributed by atoms with Crippen molar-refractivity contribution in [3.63, 3.8) is 0 Å². The van der Waals surface area contributed by atoms with Gasteiger partial charge in [0.15, 0.2) is 23.3 Å². The van der Waals surface area contributed by atoms with Crippen LogP contribution >= 0.6 is 0 Å². The van der Waals surface area contributed by atoms with Gasteiger partial charge in [-0.2, -0.15) is 0 Å². The molecule has 164 valence electrons. The summed E-state index contributed by atoms with van der Waals surface area (Å²) < 4.78 is 39.8. The summed E-state index contributed by atoms with van der Waals surface area (Å²) in [5, 5.41) is 2.85. The van der Waals surface area contributed by atoms with Crippen molar-refractivity contribution in [2.24, 2.45) is 11.8 Å². The summed E-state index contributed by atoms with van der Waals surface area (Å²) in [4.78, 5) is 35.4. The van der Waals surface area contributed by atoms with E-state index >= 15 is 0 Å². The summed E-state index contributed by atoms with van der Waals surface area (Å²) in [5.41, 5.74) is 1.45. The summed E-state index contributed by atoms with van der Waals surface area (Å²) in [6.07, 6.45) is 1.77. The van der Waals surface area contributed by atoms with Gasteiger partial charge >= 0.3 is 0 Å². The van der Waals surface area contributed by atoms with Crippen LogP contribution < -0.4 is 10.2 Å². The molecule has 1 fully saturated rings. The molecule has 4 rings (SSSR count). The number of nitrogens with one attached hydrogen (secondary N) is 1. The highest BCUT2D eigenvalue weighted by atomic mass is 19.2. The van der Waals surface area contributed by atoms with Gasteiger partial charge < -0.3 is 10.2 Å². The molecular weight excluding hydrogens is 409 g/mol. The van der Waals surface area contributed by atoms with Crippen molar-refractivity contribution in [1.82, 2.24) is 9.97 Å². The minimum Gasteiger partial charge on any atom is -0.346 e. The van der Waals surface area contributed by atoms with Gasteiger partial charge in [0.05, 0.1) is 5.69 Å². The normalized spacial score (nSPS) is 22.6. The average molecular weight is 432 g/mol. The largest absolute Gasteiger partial charge is 0.346 e. The summed E-state index contributed by atoms with van der Waals surface area (Å²) in [6.45, 7) is 3.62. The first-order chi connectivity index (χ1) is 14.6. The van der Waals surface area contributed by atoms with Crippen LogP contribution in [0.3, 0.4) is 0 Å². The molecule has 9 heteroatoms. The molecule has 0 spiro atoms. The minimum atomic E-state index is -1.53. The SMILES string of the molecule is Cc1nc(CC2CC(C(=O)Cc3cc(F)c(F)c(F)c3)C2)nc2c1NC(=O)[C@H](C)N2C. The number of aryl methyl sites for hydroxylation is 1. The van der Waals surface area contributed by atoms with Gasteiger partial charge in [-0.25, -0.2) is 23.1 Å². The van der Waals surface area contributed by atoms with Gasteiger partial charge in [0.25, 0.3) is 0 Å². The van der Waals surface area contributed by atoms with Crippen LogP contribution in [0.5, 0.6) is 0 Å². The number of amides is 1. The molecule has 2 aliphatic rings. The second-order valence-electron chi connectivity index (χ2n) is 8.45. The third-order valence-electron chi connectivity index (χ3n) is 6.24. The predicted octanol–water partition coefficient (Wildman–Crippen LogP) is 3.36. The maximum absolute atomic E-state index is 13.4. The van der Waals surface area contributed by atoms with Crippen LogP contribution in [-0.4, -0.2) is 34.7 Å². The fourth-order valence-corrected chi connectivity index (χ4v) is 4.17. The number of rotatable bonds is 5. The topological polar surface area (TPSA) is 75.2 Å². The van der Waals surface area contributed by atoms with Crippen molar-refractivity contribution in [3.8, 4) is 0 Å². The second kappa shape index (κ2) is 7.94. The molecule has 1 amide bonds. The number of Topliss-reactive ketones (excluding diaryl/α,β-unsaturated/α-hetero) is 1. The first-order valence-electron chi connectivity index (χ1n) is 10.2. The molecule has 0 saturated heterocycles. The molecule has 31 heavy (non-hydrogen) atoms. The van der Waals surface area contributed by atoms with Crippen LogP contribution in [0.25, 0.3) is 0 Å². The number of benzene rings is 1. The van der Waals surface area contributed by atoms with Gasteiger partial charge in [0, 0.05) is 25.8 Å². The number of halogens is 3. The molecule has 1 aliphatic carbocycles. The Morgan fingerprint density at radius 3 is 2.48 bits per heavy atom. The van der Waals surface area contributed by atoms with E-state index in [1.165, 1.54) is 0 Å². The Morgan fingerprint density at radius 2 is 1.84 bits per heavy atom. The standard InChI is InChI=1S/C22H23F3N4O2/c1-10-20-21(29(3)11(2)22(31)28-20)27-18(26-10)9-12-4-14(5-12)17(30)8-13-6-15(23)19(25)16(24)7-13/h6-7,11-12,14H,4-5,8-9H2,1-3H3,(H,28,31)/t11-,12?,14?/m0/s1. The van der Waals surface area contributed by atoms with Gasteiger partial charge in [0.1, 0.15) is 23.3 Å². The molecule has 2 aromatic rings. The van der Waals surface area contributed by atoms with E-state index in [4.69, 9.17) is 0 Å². The maximum atomic E-state index is 13.4. The van der Waals surface area contributed by atoms with Gasteiger partial charge in [-0.05, 0) is 50.3 Å². The van der Waals surface area contributed by atoms with Crippen molar-refractivity contribution in [3.05, 3.63) is 46.7 Å². The lowest BCUT2D eigenvalue weighted by atomic mass is 9.70. The molecule has 1 aromatic heterocycles. The zero-order valence-electron chi connectivity index (χ0n) is 17.5. The van der Waals surface area contributed by atoms with Crippen molar-refractivity contribution in [2.75, 3.05) is 17.3 Å². The Labute approximate surface area is 177 Å². The van der Waals surface area contributed by atoms with Gasteiger partial charge in [-0.1, -0.05) is 0 Å². The van der Waals surface area contributed by atoms with Crippen molar-refractivity contribution < 1.29 is 22.8 Å². The van der Waals surface area contributed by atoms with E-state index in [1.54, 1.807) is 6.92 Å². The van der Waals surface area contributed by atoms with Crippen LogP contribution in [0.1, 0.15) is 36.8 Å². The van der Waals surface area contributed by atoms with Crippen molar-refractivity contribution in [1.29, 1.82) is 0 Å². The first-order valence-corrected chi connectivity index (χ1v) is 10.2. The number of carbonyl (C=O) groups excluding carboxylic acids is 2. The van der Waals surface area contributed by atoms with E-state index in [0.29, 0.717) is 42.3 Å². The van der Waals surface area contributed by atoms with Crippen LogP contribution in [0, 0.1) is 36.2 Å². The molecule has 6 nitrogen and oxygen atoms in total. The van der Waals surface area contributed by atoms with Crippen LogP contribution in [-0.2, 0) is 22.4 Å². The number of ketones is 1. The fraction of sp³-hybridized carbons (Fsp3) is 0.455. The second-order valence-corrected chi connectivity index (χ2v) is 8.45. The molecule has 1 aromatic carbocycles. The Kier molecular flexibility index (Phi) is 5.45. The lowest BCUT2D eigenvalue weighted by molar-refractivity contribution is -0.126. The van der Waals surface area contributed by atoms with Crippen LogP contribution in [0.4, 0.5) is 24.7 Å². The highest BCUT2D eigenvalue weighted by Crippen LogP contribution is 2.38.